The number of nitrogens with two attached hydrogens (primary N) is 1. The second kappa shape index (κ2) is 5.35. The number of benzene rings is 1. The molecule has 0 saturated heterocycles. The molecule has 0 bridgehead atoms. The van der Waals surface area contributed by atoms with Crippen molar-refractivity contribution in [1.82, 2.24) is 0 Å². The number of anilines is 1. The summed E-state index contributed by atoms with van der Waals surface area (Å²) < 4.78 is 5.99. The molecular weight excluding hydrogens is 254 g/mol. The number of hydrogen-bond acceptors (Lipinski definition) is 3. The summed E-state index contributed by atoms with van der Waals surface area (Å²) in [5.41, 5.74) is 6.29. The van der Waals surface area contributed by atoms with Gasteiger partial charge in [-0.25, -0.2) is 4.79 Å². The summed E-state index contributed by atoms with van der Waals surface area (Å²) in [5, 5.41) is 9.09. The van der Waals surface area contributed by atoms with Crippen LogP contribution in [0.2, 0.25) is 0 Å². The molecule has 110 valence electrons. The Balaban J connectivity index is 2.14. The summed E-state index contributed by atoms with van der Waals surface area (Å²) in [4.78, 5) is 11.1. The summed E-state index contributed by atoms with van der Waals surface area (Å²) in [5.74, 6) is 0.188. The molecule has 2 rings (SSSR count). The molecule has 1 fully saturated rings. The maximum absolute atomic E-state index is 11.1. The van der Waals surface area contributed by atoms with E-state index in [4.69, 9.17) is 15.6 Å². The highest BCUT2D eigenvalue weighted by Gasteiger charge is 2.33. The van der Waals surface area contributed by atoms with E-state index in [-0.39, 0.29) is 22.8 Å². The predicted octanol–water partition coefficient (Wildman–Crippen LogP) is 3.56. The summed E-state index contributed by atoms with van der Waals surface area (Å²) in [6.07, 6.45) is 3.34. The fourth-order valence-corrected chi connectivity index (χ4v) is 3.33. The number of carbonyl (C=O) groups is 1. The second-order valence-electron chi connectivity index (χ2n) is 6.71. The number of rotatable bonds is 3. The van der Waals surface area contributed by atoms with Gasteiger partial charge in [-0.05, 0) is 48.8 Å². The Hall–Kier alpha value is -1.71. The quantitative estimate of drug-likeness (QED) is 0.828. The van der Waals surface area contributed by atoms with E-state index in [9.17, 15) is 4.79 Å². The molecule has 0 aromatic heterocycles. The molecule has 4 heteroatoms. The topological polar surface area (TPSA) is 72.5 Å². The zero-order valence-electron chi connectivity index (χ0n) is 12.3. The summed E-state index contributed by atoms with van der Waals surface area (Å²) >= 11 is 0. The highest BCUT2D eigenvalue weighted by molar-refractivity contribution is 5.94. The fraction of sp³-hybridized carbons (Fsp3) is 0.562. The van der Waals surface area contributed by atoms with Gasteiger partial charge in [-0.2, -0.15) is 0 Å². The largest absolute Gasteiger partial charge is 0.490 e. The lowest BCUT2D eigenvalue weighted by atomic mass is 9.71. The Morgan fingerprint density at radius 2 is 2.10 bits per heavy atom. The first kappa shape index (κ1) is 14.7. The monoisotopic (exact) mass is 277 g/mol. The van der Waals surface area contributed by atoms with E-state index in [0.29, 0.717) is 11.7 Å². The summed E-state index contributed by atoms with van der Waals surface area (Å²) in [7, 11) is 0. The Bertz CT molecular complexity index is 510. The predicted molar refractivity (Wildman–Crippen MR) is 79.0 cm³/mol. The number of ether oxygens (including phenoxy) is 1. The van der Waals surface area contributed by atoms with Gasteiger partial charge in [0.1, 0.15) is 5.75 Å². The van der Waals surface area contributed by atoms with Gasteiger partial charge in [0, 0.05) is 5.69 Å². The molecule has 2 atom stereocenters. The molecule has 1 saturated carbocycles. The van der Waals surface area contributed by atoms with Crippen LogP contribution >= 0.6 is 0 Å². The van der Waals surface area contributed by atoms with Crippen molar-refractivity contribution in [2.75, 3.05) is 5.73 Å². The molecule has 1 aromatic rings. The van der Waals surface area contributed by atoms with Gasteiger partial charge in [0.05, 0.1) is 11.7 Å². The Morgan fingerprint density at radius 3 is 2.70 bits per heavy atom. The molecule has 20 heavy (non-hydrogen) atoms. The Morgan fingerprint density at radius 1 is 1.40 bits per heavy atom. The third-order valence-corrected chi connectivity index (χ3v) is 3.90. The smallest absolute Gasteiger partial charge is 0.337 e. The van der Waals surface area contributed by atoms with Crippen molar-refractivity contribution in [2.24, 2.45) is 11.3 Å². The lowest BCUT2D eigenvalue weighted by Crippen LogP contribution is -2.34. The van der Waals surface area contributed by atoms with Crippen molar-refractivity contribution in [2.45, 2.75) is 46.1 Å². The van der Waals surface area contributed by atoms with Crippen molar-refractivity contribution in [1.29, 1.82) is 0 Å². The van der Waals surface area contributed by atoms with Gasteiger partial charge >= 0.3 is 5.97 Å². The minimum absolute atomic E-state index is 0.102. The van der Waals surface area contributed by atoms with E-state index >= 15 is 0 Å². The standard InChI is InChI=1S/C16H23NO3/c1-10-6-12(9-16(2,3)8-10)20-11-4-5-14(17)13(7-11)15(18)19/h4-5,7,10,12H,6,8-9,17H2,1-3H3,(H,18,19). The average molecular weight is 277 g/mol. The molecule has 4 nitrogen and oxygen atoms in total. The van der Waals surface area contributed by atoms with Crippen LogP contribution in [0.25, 0.3) is 0 Å². The molecular formula is C16H23NO3. The van der Waals surface area contributed by atoms with Crippen molar-refractivity contribution in [3.05, 3.63) is 23.8 Å². The number of carboxylic acids is 1. The molecule has 2 unspecified atom stereocenters. The highest BCUT2D eigenvalue weighted by Crippen LogP contribution is 2.40. The maximum atomic E-state index is 11.1. The van der Waals surface area contributed by atoms with Crippen LogP contribution in [0.5, 0.6) is 5.75 Å². The van der Waals surface area contributed by atoms with Gasteiger partial charge in [0.25, 0.3) is 0 Å². The molecule has 0 spiro atoms. The molecule has 1 aliphatic carbocycles. The van der Waals surface area contributed by atoms with Gasteiger partial charge in [-0.15, -0.1) is 0 Å². The van der Waals surface area contributed by atoms with Gasteiger partial charge < -0.3 is 15.6 Å². The average Bonchev–Trinajstić information content (AvgIpc) is 2.28. The second-order valence-corrected chi connectivity index (χ2v) is 6.71. The van der Waals surface area contributed by atoms with Crippen LogP contribution in [0, 0.1) is 11.3 Å². The van der Waals surface area contributed by atoms with E-state index in [1.807, 2.05) is 0 Å². The van der Waals surface area contributed by atoms with Crippen LogP contribution in [-0.2, 0) is 0 Å². The third kappa shape index (κ3) is 3.44. The van der Waals surface area contributed by atoms with Crippen LogP contribution in [0.15, 0.2) is 18.2 Å². The first-order valence-electron chi connectivity index (χ1n) is 7.06. The van der Waals surface area contributed by atoms with Gasteiger partial charge in [-0.3, -0.25) is 0 Å². The normalized spacial score (nSPS) is 25.1. The van der Waals surface area contributed by atoms with Crippen molar-refractivity contribution in [3.63, 3.8) is 0 Å². The minimum Gasteiger partial charge on any atom is -0.490 e. The molecule has 1 aliphatic rings. The van der Waals surface area contributed by atoms with Crippen LogP contribution in [0.4, 0.5) is 5.69 Å². The Kier molecular flexibility index (Phi) is 3.93. The number of hydrogen-bond donors (Lipinski definition) is 2. The number of carboxylic acid groups (broad SMARTS) is 1. The summed E-state index contributed by atoms with van der Waals surface area (Å²) in [6.45, 7) is 6.75. The van der Waals surface area contributed by atoms with Crippen LogP contribution in [-0.4, -0.2) is 17.2 Å². The zero-order valence-corrected chi connectivity index (χ0v) is 12.3. The van der Waals surface area contributed by atoms with Crippen molar-refractivity contribution < 1.29 is 14.6 Å². The number of aromatic carboxylic acids is 1. The van der Waals surface area contributed by atoms with Crippen molar-refractivity contribution >= 4 is 11.7 Å². The van der Waals surface area contributed by atoms with Gasteiger partial charge in [-0.1, -0.05) is 20.8 Å². The third-order valence-electron chi connectivity index (χ3n) is 3.90. The summed E-state index contributed by atoms with van der Waals surface area (Å²) in [6, 6.07) is 4.86. The zero-order chi connectivity index (χ0) is 14.9. The van der Waals surface area contributed by atoms with Crippen molar-refractivity contribution in [3.8, 4) is 5.75 Å². The lowest BCUT2D eigenvalue weighted by Gasteiger charge is -2.38. The van der Waals surface area contributed by atoms with E-state index < -0.39 is 5.97 Å². The SMILES string of the molecule is CC1CC(Oc2ccc(N)c(C(=O)O)c2)CC(C)(C)C1. The Labute approximate surface area is 119 Å². The molecule has 0 heterocycles. The van der Waals surface area contributed by atoms with Crippen LogP contribution < -0.4 is 10.5 Å². The first-order chi connectivity index (χ1) is 9.27. The lowest BCUT2D eigenvalue weighted by molar-refractivity contribution is 0.0557. The van der Waals surface area contributed by atoms with Crippen LogP contribution in [0.3, 0.4) is 0 Å². The molecule has 0 radical (unpaired) electrons. The van der Waals surface area contributed by atoms with Crippen LogP contribution in [0.1, 0.15) is 50.4 Å². The number of nitrogen functional groups attached to an aromatic ring is 1. The molecule has 0 aliphatic heterocycles. The van der Waals surface area contributed by atoms with E-state index in [2.05, 4.69) is 20.8 Å². The van der Waals surface area contributed by atoms with Gasteiger partial charge in [0.15, 0.2) is 0 Å². The maximum Gasteiger partial charge on any atom is 0.337 e. The van der Waals surface area contributed by atoms with E-state index in [1.54, 1.807) is 12.1 Å². The van der Waals surface area contributed by atoms with E-state index in [1.165, 1.54) is 12.5 Å². The highest BCUT2D eigenvalue weighted by atomic mass is 16.5. The minimum atomic E-state index is -1.02. The van der Waals surface area contributed by atoms with Gasteiger partial charge in [0.2, 0.25) is 0 Å². The first-order valence-corrected chi connectivity index (χ1v) is 7.06. The molecule has 0 amide bonds. The molecule has 3 N–H and O–H groups in total. The molecule has 1 aromatic carbocycles. The fourth-order valence-electron chi connectivity index (χ4n) is 3.33. The van der Waals surface area contributed by atoms with E-state index in [0.717, 1.165) is 12.8 Å².